The van der Waals surface area contributed by atoms with Gasteiger partial charge in [0.05, 0.1) is 84.1 Å². The van der Waals surface area contributed by atoms with Crippen LogP contribution in [0.4, 0.5) is 8.78 Å². The summed E-state index contributed by atoms with van der Waals surface area (Å²) in [5.74, 6) is 2.31. The number of carbonyl (C=O) groups excluding carboxylic acids is 3. The SMILES string of the molecule is CC1(C)OC(c2ccc(F)c(C#N)c2)OC1(C)C.COc1cc(C(=O)N(C)C)ccc1-c1cc2nccc(-c3ccc(F)c(C#N)c3)c2o1.COc1cc(C(=O)N(C)C)ccc1-c1cc2nccc(-c3ccc(OC4CCOC4)c(C#N)c3)c2o1.COc1cc(C(=O)N(C)C)ccc1-c1cc2nccc(Cl)c2o1. The number of nitrogens with zero attached hydrogens (tertiary/aromatic N) is 9. The average Bonchev–Trinajstić information content (AvgIpc) is 1.51. The van der Waals surface area contributed by atoms with E-state index >= 15 is 0 Å². The van der Waals surface area contributed by atoms with Gasteiger partial charge in [-0.1, -0.05) is 29.8 Å². The van der Waals surface area contributed by atoms with Crippen LogP contribution in [-0.4, -0.2) is 142 Å². The molecule has 2 saturated heterocycles. The quantitative estimate of drug-likeness (QED) is 0.0978. The van der Waals surface area contributed by atoms with E-state index in [9.17, 15) is 28.4 Å². The molecule has 2 aliphatic heterocycles. The summed E-state index contributed by atoms with van der Waals surface area (Å²) in [5.41, 5.74) is 10.3. The van der Waals surface area contributed by atoms with Crippen molar-refractivity contribution in [2.24, 2.45) is 0 Å². The molecule has 25 heteroatoms. The first kappa shape index (κ1) is 76.6. The number of fused-ring (bicyclic) bond motifs is 3. The zero-order valence-corrected chi connectivity index (χ0v) is 62.1. The van der Waals surface area contributed by atoms with Crippen molar-refractivity contribution in [3.63, 3.8) is 0 Å². The zero-order valence-electron chi connectivity index (χ0n) is 61.3. The number of pyridine rings is 3. The number of rotatable bonds is 14. The van der Waals surface area contributed by atoms with Crippen molar-refractivity contribution in [3.8, 4) is 97.4 Å². The fourth-order valence-corrected chi connectivity index (χ4v) is 11.9. The number of hydrogen-bond acceptors (Lipinski definition) is 19. The molecule has 0 bridgehead atoms. The Bertz CT molecular complexity index is 5530. The molecule has 2 aliphatic rings. The summed E-state index contributed by atoms with van der Waals surface area (Å²) in [6, 6.07) is 46.4. The van der Waals surface area contributed by atoms with Crippen LogP contribution >= 0.6 is 11.6 Å². The molecular formula is C83H74ClF2N9O13. The van der Waals surface area contributed by atoms with E-state index < -0.39 is 29.1 Å². The topological polar surface area (TPSA) is 275 Å². The molecule has 550 valence electrons. The van der Waals surface area contributed by atoms with E-state index in [-0.39, 0.29) is 35.0 Å². The maximum atomic E-state index is 13.7. The molecule has 12 aromatic rings. The summed E-state index contributed by atoms with van der Waals surface area (Å²) >= 11 is 6.12. The Balaban J connectivity index is 0.000000148. The van der Waals surface area contributed by atoms with Gasteiger partial charge in [-0.3, -0.25) is 29.3 Å². The van der Waals surface area contributed by atoms with Crippen LogP contribution in [0, 0.1) is 45.6 Å². The van der Waals surface area contributed by atoms with Gasteiger partial charge in [-0.25, -0.2) is 8.78 Å². The molecule has 0 radical (unpaired) electrons. The van der Waals surface area contributed by atoms with Crippen molar-refractivity contribution in [1.29, 1.82) is 15.8 Å². The first-order chi connectivity index (χ1) is 51.7. The third-order valence-corrected chi connectivity index (χ3v) is 18.5. The van der Waals surface area contributed by atoms with Gasteiger partial charge in [0, 0.05) is 119 Å². The number of methoxy groups -OCH3 is 3. The number of furan rings is 3. The second kappa shape index (κ2) is 32.5. The lowest BCUT2D eigenvalue weighted by molar-refractivity contribution is -0.0896. The summed E-state index contributed by atoms with van der Waals surface area (Å²) in [6.45, 7) is 8.98. The smallest absolute Gasteiger partial charge is 0.253 e. The maximum Gasteiger partial charge on any atom is 0.253 e. The molecule has 6 aromatic heterocycles. The van der Waals surface area contributed by atoms with Crippen LogP contribution < -0.4 is 18.9 Å². The molecule has 108 heavy (non-hydrogen) atoms. The van der Waals surface area contributed by atoms with Crippen LogP contribution in [0.5, 0.6) is 23.0 Å². The Kier molecular flexibility index (Phi) is 23.0. The summed E-state index contributed by atoms with van der Waals surface area (Å²) in [4.78, 5) is 54.3. The predicted octanol–water partition coefficient (Wildman–Crippen LogP) is 17.0. The lowest BCUT2D eigenvalue weighted by atomic mass is 9.90. The minimum atomic E-state index is -0.575. The molecule has 0 N–H and O–H groups in total. The van der Waals surface area contributed by atoms with Crippen LogP contribution in [-0.2, 0) is 14.2 Å². The fourth-order valence-electron chi connectivity index (χ4n) is 11.7. The van der Waals surface area contributed by atoms with E-state index in [4.69, 9.17) is 68.5 Å². The second-order valence-corrected chi connectivity index (χ2v) is 26.9. The summed E-state index contributed by atoms with van der Waals surface area (Å²) in [5, 5.41) is 28.2. The van der Waals surface area contributed by atoms with Crippen molar-refractivity contribution in [3.05, 3.63) is 220 Å². The van der Waals surface area contributed by atoms with E-state index in [0.717, 1.165) is 23.1 Å². The molecule has 8 heterocycles. The molecule has 14 rings (SSSR count). The van der Waals surface area contributed by atoms with E-state index in [2.05, 4.69) is 21.0 Å². The Morgan fingerprint density at radius 1 is 0.481 bits per heavy atom. The van der Waals surface area contributed by atoms with Gasteiger partial charge in [0.15, 0.2) is 23.0 Å². The largest absolute Gasteiger partial charge is 0.496 e. The standard InChI is InChI=1S/C28H25N3O5.C24H18FN3O3.C17H15ClN2O3.C14H16FNO2/c1-31(2)28(32)18-4-6-22(25(13-18)33-3)26-14-23-27(36-26)21(8-10-30-23)17-5-7-24(19(12-17)15-29)35-20-9-11-34-16-20;1-28(2)24(29)15-4-6-18(21(11-15)30-3)22-12-20-23(31-22)17(8-9-27-20)14-5-7-19(25)16(10-14)13-26;1-20(2)17(21)10-4-5-11(14(8-10)22-3)15-9-13-16(23-15)12(18)6-7-19-13;1-13(2)14(3,4)18-12(17-13)9-5-6-11(15)10(7-9)8-16/h4-8,10,12-14,20H,9,11,16H2,1-3H3;4-12H,1-3H3;4-9H,1-3H3;5-7,12H,1-4H3. The minimum Gasteiger partial charge on any atom is -0.496 e. The lowest BCUT2D eigenvalue weighted by Gasteiger charge is -2.30. The van der Waals surface area contributed by atoms with Gasteiger partial charge in [0.25, 0.3) is 17.7 Å². The van der Waals surface area contributed by atoms with E-state index in [0.29, 0.717) is 142 Å². The van der Waals surface area contributed by atoms with Gasteiger partial charge >= 0.3 is 0 Å². The normalized spacial score (nSPS) is 14.0. The van der Waals surface area contributed by atoms with Crippen LogP contribution in [0.2, 0.25) is 5.02 Å². The summed E-state index contributed by atoms with van der Waals surface area (Å²) < 4.78 is 84.7. The number of amides is 3. The van der Waals surface area contributed by atoms with Crippen LogP contribution in [0.1, 0.15) is 93.7 Å². The number of halogens is 3. The highest BCUT2D eigenvalue weighted by Gasteiger charge is 2.49. The van der Waals surface area contributed by atoms with Gasteiger partial charge in [-0.05, 0) is 148 Å². The predicted molar refractivity (Wildman–Crippen MR) is 401 cm³/mol. The lowest BCUT2D eigenvalue weighted by Crippen LogP contribution is -2.41. The first-order valence-electron chi connectivity index (χ1n) is 33.7. The summed E-state index contributed by atoms with van der Waals surface area (Å²) in [7, 11) is 14.8. The molecule has 3 amide bonds. The molecule has 1 atom stereocenters. The number of carbonyl (C=O) groups is 3. The highest BCUT2D eigenvalue weighted by Crippen LogP contribution is 2.46. The highest BCUT2D eigenvalue weighted by molar-refractivity contribution is 6.34. The third kappa shape index (κ3) is 16.3. The molecule has 0 aliphatic carbocycles. The van der Waals surface area contributed by atoms with Crippen molar-refractivity contribution >= 4 is 62.6 Å². The van der Waals surface area contributed by atoms with E-state index in [1.54, 1.807) is 172 Å². The highest BCUT2D eigenvalue weighted by atomic mass is 35.5. The Morgan fingerprint density at radius 2 is 0.880 bits per heavy atom. The number of hydrogen-bond donors (Lipinski definition) is 0. The van der Waals surface area contributed by atoms with Crippen molar-refractivity contribution in [2.45, 2.75) is 57.7 Å². The summed E-state index contributed by atoms with van der Waals surface area (Å²) in [6.07, 6.45) is 5.16. The van der Waals surface area contributed by atoms with E-state index in [1.807, 2.05) is 64.1 Å². The number of benzene rings is 6. The Morgan fingerprint density at radius 3 is 1.29 bits per heavy atom. The fraction of sp³-hybridized carbons (Fsp3) is 0.241. The molecule has 0 saturated carbocycles. The van der Waals surface area contributed by atoms with Crippen LogP contribution in [0.25, 0.3) is 89.5 Å². The van der Waals surface area contributed by atoms with Gasteiger partial charge in [-0.2, -0.15) is 15.8 Å². The van der Waals surface area contributed by atoms with Gasteiger partial charge in [-0.15, -0.1) is 0 Å². The number of nitriles is 3. The van der Waals surface area contributed by atoms with Crippen molar-refractivity contribution in [2.75, 3.05) is 76.8 Å². The van der Waals surface area contributed by atoms with Crippen molar-refractivity contribution in [1.82, 2.24) is 29.7 Å². The van der Waals surface area contributed by atoms with E-state index in [1.165, 1.54) is 46.1 Å². The second-order valence-electron chi connectivity index (χ2n) is 26.5. The van der Waals surface area contributed by atoms with Crippen molar-refractivity contribution < 1.29 is 69.6 Å². The minimum absolute atomic E-state index is 0.00205. The van der Waals surface area contributed by atoms with Crippen LogP contribution in [0.3, 0.4) is 0 Å². The zero-order chi connectivity index (χ0) is 77.5. The monoisotopic (exact) mass is 1480 g/mol. The third-order valence-electron chi connectivity index (χ3n) is 18.2. The number of aromatic nitrogens is 3. The first-order valence-corrected chi connectivity index (χ1v) is 34.1. The van der Waals surface area contributed by atoms with Gasteiger partial charge < -0.3 is 61.1 Å². The van der Waals surface area contributed by atoms with Crippen LogP contribution in [0.15, 0.2) is 177 Å². The Labute approximate surface area is 626 Å². The number of ether oxygens (including phenoxy) is 7. The van der Waals surface area contributed by atoms with Gasteiger partial charge in [0.2, 0.25) is 0 Å². The molecule has 0 spiro atoms. The molecule has 22 nitrogen and oxygen atoms in total. The molecule has 1 unspecified atom stereocenters. The molecule has 6 aromatic carbocycles. The molecule has 2 fully saturated rings. The average molecular weight is 1480 g/mol. The Hall–Kier alpha value is -12.5. The maximum absolute atomic E-state index is 13.7. The molecular weight excluding hydrogens is 1400 g/mol. The van der Waals surface area contributed by atoms with Gasteiger partial charge in [0.1, 0.15) is 92.8 Å².